The van der Waals surface area contributed by atoms with Crippen LogP contribution < -0.4 is 0 Å². The maximum absolute atomic E-state index is 11.8. The summed E-state index contributed by atoms with van der Waals surface area (Å²) in [5.74, 6) is -0.303. The van der Waals surface area contributed by atoms with E-state index in [-0.39, 0.29) is 5.97 Å². The molecule has 2 aromatic carbocycles. The molecule has 0 atom stereocenters. The van der Waals surface area contributed by atoms with Crippen molar-refractivity contribution < 1.29 is 9.53 Å². The molecule has 0 spiro atoms. The molecule has 110 valence electrons. The molecule has 0 aliphatic carbocycles. The summed E-state index contributed by atoms with van der Waals surface area (Å²) in [6, 6.07) is 15.3. The number of rotatable bonds is 3. The molecule has 0 unspecified atom stereocenters. The lowest BCUT2D eigenvalue weighted by Crippen LogP contribution is -2.04. The SMILES string of the molecule is CCOC(=O)c1ccc2ccc(-c3ccc(Cl)nc3)cc2c1. The third kappa shape index (κ3) is 2.95. The van der Waals surface area contributed by atoms with Gasteiger partial charge in [0.1, 0.15) is 5.15 Å². The van der Waals surface area contributed by atoms with Crippen molar-refractivity contribution in [1.29, 1.82) is 0 Å². The van der Waals surface area contributed by atoms with E-state index in [0.717, 1.165) is 21.9 Å². The van der Waals surface area contributed by atoms with Crippen molar-refractivity contribution in [3.8, 4) is 11.1 Å². The summed E-state index contributed by atoms with van der Waals surface area (Å²) in [5, 5.41) is 2.52. The van der Waals surface area contributed by atoms with E-state index in [9.17, 15) is 4.79 Å². The Morgan fingerprint density at radius 3 is 2.55 bits per heavy atom. The average Bonchev–Trinajstić information content (AvgIpc) is 2.55. The molecule has 3 nitrogen and oxygen atoms in total. The number of benzene rings is 2. The molecule has 4 heteroatoms. The number of aromatic nitrogens is 1. The van der Waals surface area contributed by atoms with Crippen LogP contribution in [0, 0.1) is 0 Å². The number of ether oxygens (including phenoxy) is 1. The van der Waals surface area contributed by atoms with E-state index in [0.29, 0.717) is 17.3 Å². The third-order valence-electron chi connectivity index (χ3n) is 3.41. The van der Waals surface area contributed by atoms with Crippen LogP contribution in [0.3, 0.4) is 0 Å². The molecular formula is C18H14ClNO2. The van der Waals surface area contributed by atoms with Crippen LogP contribution in [0.15, 0.2) is 54.7 Å². The Morgan fingerprint density at radius 1 is 1.05 bits per heavy atom. The van der Waals surface area contributed by atoms with Gasteiger partial charge in [-0.15, -0.1) is 0 Å². The molecule has 1 heterocycles. The van der Waals surface area contributed by atoms with Gasteiger partial charge in [0.15, 0.2) is 0 Å². The topological polar surface area (TPSA) is 39.2 Å². The molecule has 0 aliphatic rings. The van der Waals surface area contributed by atoms with Gasteiger partial charge in [0.05, 0.1) is 12.2 Å². The van der Waals surface area contributed by atoms with Crippen molar-refractivity contribution in [1.82, 2.24) is 4.98 Å². The predicted molar refractivity (Wildman–Crippen MR) is 88.1 cm³/mol. The predicted octanol–water partition coefficient (Wildman–Crippen LogP) is 4.73. The first-order valence-electron chi connectivity index (χ1n) is 7.00. The van der Waals surface area contributed by atoms with Gasteiger partial charge in [-0.3, -0.25) is 0 Å². The summed E-state index contributed by atoms with van der Waals surface area (Å²) in [6.45, 7) is 2.16. The first-order valence-corrected chi connectivity index (χ1v) is 7.38. The number of carbonyl (C=O) groups is 1. The van der Waals surface area contributed by atoms with Gasteiger partial charge in [0.25, 0.3) is 0 Å². The van der Waals surface area contributed by atoms with Crippen LogP contribution >= 0.6 is 11.6 Å². The minimum Gasteiger partial charge on any atom is -0.462 e. The van der Waals surface area contributed by atoms with Gasteiger partial charge in [-0.1, -0.05) is 29.8 Å². The summed E-state index contributed by atoms with van der Waals surface area (Å²) in [7, 11) is 0. The van der Waals surface area contributed by atoms with Crippen LogP contribution in [0.1, 0.15) is 17.3 Å². The molecule has 22 heavy (non-hydrogen) atoms. The normalized spacial score (nSPS) is 10.6. The number of carbonyl (C=O) groups excluding carboxylic acids is 1. The third-order valence-corrected chi connectivity index (χ3v) is 3.64. The molecule has 0 saturated carbocycles. The van der Waals surface area contributed by atoms with Gasteiger partial charge in [0, 0.05) is 11.8 Å². The highest BCUT2D eigenvalue weighted by Crippen LogP contribution is 2.25. The Morgan fingerprint density at radius 2 is 1.82 bits per heavy atom. The van der Waals surface area contributed by atoms with Gasteiger partial charge < -0.3 is 4.74 Å². The lowest BCUT2D eigenvalue weighted by molar-refractivity contribution is 0.0526. The Bertz CT molecular complexity index is 828. The molecule has 0 saturated heterocycles. The largest absolute Gasteiger partial charge is 0.462 e. The van der Waals surface area contributed by atoms with Crippen molar-refractivity contribution in [3.63, 3.8) is 0 Å². The molecule has 1 aromatic heterocycles. The molecule has 0 aliphatic heterocycles. The minimum atomic E-state index is -0.303. The number of pyridine rings is 1. The summed E-state index contributed by atoms with van der Waals surface area (Å²) in [4.78, 5) is 15.9. The second kappa shape index (κ2) is 6.16. The van der Waals surface area contributed by atoms with Crippen molar-refractivity contribution in [2.75, 3.05) is 6.61 Å². The van der Waals surface area contributed by atoms with E-state index in [1.807, 2.05) is 36.4 Å². The molecule has 0 N–H and O–H groups in total. The number of nitrogens with zero attached hydrogens (tertiary/aromatic N) is 1. The molecule has 3 rings (SSSR count). The standard InChI is InChI=1S/C18H14ClNO2/c1-2-22-18(21)14-6-4-12-3-5-13(9-16(12)10-14)15-7-8-17(19)20-11-15/h3-11H,2H2,1H3. The highest BCUT2D eigenvalue weighted by atomic mass is 35.5. The van der Waals surface area contributed by atoms with Gasteiger partial charge in [-0.2, -0.15) is 0 Å². The van der Waals surface area contributed by atoms with E-state index < -0.39 is 0 Å². The molecule has 0 radical (unpaired) electrons. The van der Waals surface area contributed by atoms with E-state index in [4.69, 9.17) is 16.3 Å². The number of hydrogen-bond donors (Lipinski definition) is 0. The van der Waals surface area contributed by atoms with Crippen LogP contribution in [0.25, 0.3) is 21.9 Å². The zero-order valence-corrected chi connectivity index (χ0v) is 12.8. The van der Waals surface area contributed by atoms with E-state index in [1.165, 1.54) is 0 Å². The van der Waals surface area contributed by atoms with Crippen molar-refractivity contribution in [2.24, 2.45) is 0 Å². The van der Waals surface area contributed by atoms with Gasteiger partial charge in [-0.05, 0) is 53.6 Å². The monoisotopic (exact) mass is 311 g/mol. The van der Waals surface area contributed by atoms with Crippen LogP contribution in [0.5, 0.6) is 0 Å². The maximum Gasteiger partial charge on any atom is 0.338 e. The van der Waals surface area contributed by atoms with Crippen LogP contribution in [-0.4, -0.2) is 17.6 Å². The van der Waals surface area contributed by atoms with Crippen molar-refractivity contribution in [3.05, 3.63) is 65.4 Å². The molecule has 0 bridgehead atoms. The lowest BCUT2D eigenvalue weighted by Gasteiger charge is -2.06. The number of halogens is 1. The molecule has 0 fully saturated rings. The van der Waals surface area contributed by atoms with Crippen LogP contribution in [0.2, 0.25) is 5.15 Å². The maximum atomic E-state index is 11.8. The van der Waals surface area contributed by atoms with Crippen LogP contribution in [-0.2, 0) is 4.74 Å². The quantitative estimate of drug-likeness (QED) is 0.518. The average molecular weight is 312 g/mol. The first-order chi connectivity index (χ1) is 10.7. The summed E-state index contributed by atoms with van der Waals surface area (Å²) < 4.78 is 5.04. The Kier molecular flexibility index (Phi) is 4.07. The van der Waals surface area contributed by atoms with Crippen molar-refractivity contribution in [2.45, 2.75) is 6.92 Å². The molecule has 3 aromatic rings. The molecule has 0 amide bonds. The van der Waals surface area contributed by atoms with Crippen LogP contribution in [0.4, 0.5) is 0 Å². The Labute approximate surface area is 133 Å². The summed E-state index contributed by atoms with van der Waals surface area (Å²) in [6.07, 6.45) is 1.73. The van der Waals surface area contributed by atoms with E-state index in [1.54, 1.807) is 25.3 Å². The summed E-state index contributed by atoms with van der Waals surface area (Å²) in [5.41, 5.74) is 2.56. The second-order valence-corrected chi connectivity index (χ2v) is 5.25. The van der Waals surface area contributed by atoms with Crippen molar-refractivity contribution >= 4 is 28.3 Å². The van der Waals surface area contributed by atoms with Gasteiger partial charge in [0.2, 0.25) is 0 Å². The van der Waals surface area contributed by atoms with E-state index >= 15 is 0 Å². The fraction of sp³-hybridized carbons (Fsp3) is 0.111. The summed E-state index contributed by atoms with van der Waals surface area (Å²) >= 11 is 5.82. The van der Waals surface area contributed by atoms with Gasteiger partial charge >= 0.3 is 5.97 Å². The lowest BCUT2D eigenvalue weighted by atomic mass is 10.0. The fourth-order valence-electron chi connectivity index (χ4n) is 2.31. The first kappa shape index (κ1) is 14.5. The number of esters is 1. The molecular weight excluding hydrogens is 298 g/mol. The zero-order chi connectivity index (χ0) is 15.5. The smallest absolute Gasteiger partial charge is 0.338 e. The second-order valence-electron chi connectivity index (χ2n) is 4.87. The highest BCUT2D eigenvalue weighted by molar-refractivity contribution is 6.29. The zero-order valence-electron chi connectivity index (χ0n) is 12.0. The Hall–Kier alpha value is -2.39. The number of fused-ring (bicyclic) bond motifs is 1. The highest BCUT2D eigenvalue weighted by Gasteiger charge is 2.08. The number of hydrogen-bond acceptors (Lipinski definition) is 3. The Balaban J connectivity index is 2.04. The van der Waals surface area contributed by atoms with Gasteiger partial charge in [-0.25, -0.2) is 9.78 Å². The fourth-order valence-corrected chi connectivity index (χ4v) is 2.43. The van der Waals surface area contributed by atoms with E-state index in [2.05, 4.69) is 4.98 Å². The minimum absolute atomic E-state index is 0.303.